The summed E-state index contributed by atoms with van der Waals surface area (Å²) in [7, 11) is 1.89. The van der Waals surface area contributed by atoms with Crippen molar-refractivity contribution in [1.29, 1.82) is 0 Å². The lowest BCUT2D eigenvalue weighted by atomic mass is 10.2. The van der Waals surface area contributed by atoms with Crippen LogP contribution in [0.1, 0.15) is 5.56 Å². The quantitative estimate of drug-likeness (QED) is 0.941. The van der Waals surface area contributed by atoms with Crippen LogP contribution in [0.2, 0.25) is 5.02 Å². The van der Waals surface area contributed by atoms with Crippen LogP contribution in [-0.2, 0) is 13.6 Å². The molecule has 84 valence electrons. The normalized spacial score (nSPS) is 10.4. The van der Waals surface area contributed by atoms with E-state index in [0.717, 1.165) is 20.9 Å². The standard InChI is InChI=1S/C11H11BrClN3/c1-16-11(4-5-15-16)14-7-8-2-3-9(12)6-10(8)13/h2-6,14H,7H2,1H3. The summed E-state index contributed by atoms with van der Waals surface area (Å²) in [6.07, 6.45) is 1.76. The van der Waals surface area contributed by atoms with Crippen molar-refractivity contribution < 1.29 is 0 Å². The molecule has 1 heterocycles. The SMILES string of the molecule is Cn1nccc1NCc1ccc(Br)cc1Cl. The third-order valence-corrected chi connectivity index (χ3v) is 3.14. The zero-order valence-corrected chi connectivity index (χ0v) is 11.1. The van der Waals surface area contributed by atoms with Crippen molar-refractivity contribution in [2.75, 3.05) is 5.32 Å². The molecular weight excluding hydrogens is 289 g/mol. The Morgan fingerprint density at radius 1 is 1.44 bits per heavy atom. The summed E-state index contributed by atoms with van der Waals surface area (Å²) >= 11 is 9.50. The van der Waals surface area contributed by atoms with Gasteiger partial charge in [0.15, 0.2) is 0 Å². The number of hydrogen-bond acceptors (Lipinski definition) is 2. The Morgan fingerprint density at radius 2 is 2.25 bits per heavy atom. The van der Waals surface area contributed by atoms with Gasteiger partial charge in [0.05, 0.1) is 6.20 Å². The van der Waals surface area contributed by atoms with Crippen LogP contribution in [0.4, 0.5) is 5.82 Å². The average Bonchev–Trinajstić information content (AvgIpc) is 2.63. The number of aryl methyl sites for hydroxylation is 1. The van der Waals surface area contributed by atoms with Gasteiger partial charge in [0, 0.05) is 29.2 Å². The van der Waals surface area contributed by atoms with Crippen molar-refractivity contribution in [3.63, 3.8) is 0 Å². The number of rotatable bonds is 3. The largest absolute Gasteiger partial charge is 0.366 e. The third-order valence-electron chi connectivity index (χ3n) is 2.30. The Labute approximate surface area is 108 Å². The van der Waals surface area contributed by atoms with Gasteiger partial charge in [0.25, 0.3) is 0 Å². The van der Waals surface area contributed by atoms with E-state index in [2.05, 4.69) is 26.3 Å². The summed E-state index contributed by atoms with van der Waals surface area (Å²) in [4.78, 5) is 0. The summed E-state index contributed by atoms with van der Waals surface area (Å²) < 4.78 is 2.77. The topological polar surface area (TPSA) is 29.9 Å². The molecule has 0 saturated heterocycles. The van der Waals surface area contributed by atoms with Crippen molar-refractivity contribution in [2.24, 2.45) is 7.05 Å². The molecule has 0 radical (unpaired) electrons. The highest BCUT2D eigenvalue weighted by atomic mass is 79.9. The molecule has 2 rings (SSSR count). The highest BCUT2D eigenvalue weighted by Crippen LogP contribution is 2.22. The van der Waals surface area contributed by atoms with Crippen LogP contribution < -0.4 is 5.32 Å². The minimum absolute atomic E-state index is 0.686. The lowest BCUT2D eigenvalue weighted by molar-refractivity contribution is 0.769. The van der Waals surface area contributed by atoms with Gasteiger partial charge in [0.2, 0.25) is 0 Å². The molecule has 0 unspecified atom stereocenters. The maximum atomic E-state index is 6.12. The molecule has 1 aromatic carbocycles. The minimum Gasteiger partial charge on any atom is -0.366 e. The van der Waals surface area contributed by atoms with Gasteiger partial charge in [-0.05, 0) is 17.7 Å². The molecule has 0 aliphatic carbocycles. The van der Waals surface area contributed by atoms with Crippen LogP contribution in [0.25, 0.3) is 0 Å². The number of nitrogens with one attached hydrogen (secondary N) is 1. The Morgan fingerprint density at radius 3 is 2.88 bits per heavy atom. The van der Waals surface area contributed by atoms with E-state index >= 15 is 0 Å². The average molecular weight is 301 g/mol. The first-order valence-corrected chi connectivity index (χ1v) is 6.00. The Kier molecular flexibility index (Phi) is 3.51. The highest BCUT2D eigenvalue weighted by Gasteiger charge is 2.02. The van der Waals surface area contributed by atoms with Crippen LogP contribution in [0.5, 0.6) is 0 Å². The molecule has 5 heteroatoms. The van der Waals surface area contributed by atoms with Gasteiger partial charge < -0.3 is 5.32 Å². The van der Waals surface area contributed by atoms with E-state index in [9.17, 15) is 0 Å². The molecule has 16 heavy (non-hydrogen) atoms. The second-order valence-corrected chi connectivity index (χ2v) is 4.75. The second kappa shape index (κ2) is 4.89. The van der Waals surface area contributed by atoms with E-state index in [1.165, 1.54) is 0 Å². The van der Waals surface area contributed by atoms with Crippen LogP contribution >= 0.6 is 27.5 Å². The monoisotopic (exact) mass is 299 g/mol. The van der Waals surface area contributed by atoms with Crippen molar-refractivity contribution in [3.05, 3.63) is 45.5 Å². The number of halogens is 2. The molecule has 3 nitrogen and oxygen atoms in total. The first kappa shape index (κ1) is 11.5. The van der Waals surface area contributed by atoms with E-state index < -0.39 is 0 Å². The number of anilines is 1. The molecule has 0 aliphatic heterocycles. The van der Waals surface area contributed by atoms with Gasteiger partial charge >= 0.3 is 0 Å². The maximum absolute atomic E-state index is 6.12. The molecule has 2 aromatic rings. The van der Waals surface area contributed by atoms with Gasteiger partial charge in [-0.15, -0.1) is 0 Å². The lowest BCUT2D eigenvalue weighted by Gasteiger charge is -2.08. The van der Waals surface area contributed by atoms with E-state index in [1.807, 2.05) is 31.3 Å². The smallest absolute Gasteiger partial charge is 0.124 e. The Balaban J connectivity index is 2.08. The summed E-state index contributed by atoms with van der Waals surface area (Å²) in [5.74, 6) is 0.971. The molecule has 0 saturated carbocycles. The number of hydrogen-bond donors (Lipinski definition) is 1. The third kappa shape index (κ3) is 2.57. The van der Waals surface area contributed by atoms with E-state index in [-0.39, 0.29) is 0 Å². The Hall–Kier alpha value is -1.000. The van der Waals surface area contributed by atoms with Gasteiger partial charge in [-0.1, -0.05) is 33.6 Å². The molecule has 1 N–H and O–H groups in total. The fraction of sp³-hybridized carbons (Fsp3) is 0.182. The molecular formula is C11H11BrClN3. The van der Waals surface area contributed by atoms with Crippen LogP contribution in [0.15, 0.2) is 34.9 Å². The molecule has 0 atom stereocenters. The summed E-state index contributed by atoms with van der Waals surface area (Å²) in [6, 6.07) is 7.79. The zero-order valence-electron chi connectivity index (χ0n) is 8.74. The first-order valence-electron chi connectivity index (χ1n) is 4.82. The Bertz CT molecular complexity index is 496. The maximum Gasteiger partial charge on any atom is 0.124 e. The van der Waals surface area contributed by atoms with Crippen LogP contribution in [-0.4, -0.2) is 9.78 Å². The van der Waals surface area contributed by atoms with Gasteiger partial charge in [0.1, 0.15) is 5.82 Å². The second-order valence-electron chi connectivity index (χ2n) is 3.43. The molecule has 0 aliphatic rings. The van der Waals surface area contributed by atoms with Gasteiger partial charge in [-0.3, -0.25) is 4.68 Å². The molecule has 0 spiro atoms. The summed E-state index contributed by atoms with van der Waals surface area (Å²) in [5, 5.41) is 8.10. The van der Waals surface area contributed by atoms with Gasteiger partial charge in [-0.25, -0.2) is 0 Å². The highest BCUT2D eigenvalue weighted by molar-refractivity contribution is 9.10. The van der Waals surface area contributed by atoms with Crippen LogP contribution in [0.3, 0.4) is 0 Å². The summed E-state index contributed by atoms with van der Waals surface area (Å²) in [6.45, 7) is 0.686. The molecule has 0 amide bonds. The van der Waals surface area contributed by atoms with E-state index in [0.29, 0.717) is 6.54 Å². The number of aromatic nitrogens is 2. The first-order chi connectivity index (χ1) is 7.66. The zero-order chi connectivity index (χ0) is 11.5. The number of benzene rings is 1. The minimum atomic E-state index is 0.686. The molecule has 0 bridgehead atoms. The fourth-order valence-electron chi connectivity index (χ4n) is 1.40. The van der Waals surface area contributed by atoms with E-state index in [1.54, 1.807) is 10.9 Å². The van der Waals surface area contributed by atoms with E-state index in [4.69, 9.17) is 11.6 Å². The van der Waals surface area contributed by atoms with Crippen LogP contribution in [0, 0.1) is 0 Å². The molecule has 1 aromatic heterocycles. The lowest BCUT2D eigenvalue weighted by Crippen LogP contribution is -2.04. The predicted molar refractivity (Wildman–Crippen MR) is 69.7 cm³/mol. The fourth-order valence-corrected chi connectivity index (χ4v) is 2.14. The number of nitrogens with zero attached hydrogens (tertiary/aromatic N) is 2. The van der Waals surface area contributed by atoms with Crippen molar-refractivity contribution in [3.8, 4) is 0 Å². The van der Waals surface area contributed by atoms with Crippen molar-refractivity contribution in [1.82, 2.24) is 9.78 Å². The molecule has 0 fully saturated rings. The predicted octanol–water partition coefficient (Wildman–Crippen LogP) is 3.45. The van der Waals surface area contributed by atoms with Crippen molar-refractivity contribution >= 4 is 33.3 Å². The summed E-state index contributed by atoms with van der Waals surface area (Å²) in [5.41, 5.74) is 1.06. The van der Waals surface area contributed by atoms with Gasteiger partial charge in [-0.2, -0.15) is 5.10 Å². The van der Waals surface area contributed by atoms with Crippen molar-refractivity contribution in [2.45, 2.75) is 6.54 Å².